The molecule has 0 fully saturated rings. The first kappa shape index (κ1) is 9.37. The Morgan fingerprint density at radius 1 is 1.23 bits per heavy atom. The monoisotopic (exact) mass is 190 g/mol. The molecular weight excluding hydrogens is 185 g/mol. The molecule has 0 radical (unpaired) electrons. The highest BCUT2D eigenvalue weighted by molar-refractivity contribution is 5.96. The SMILES string of the molecule is N/C(=N\O)c1cc(F)c(F)c(F)c1. The van der Waals surface area contributed by atoms with Gasteiger partial charge in [-0.1, -0.05) is 5.16 Å². The van der Waals surface area contributed by atoms with Crippen LogP contribution in [0.2, 0.25) is 0 Å². The van der Waals surface area contributed by atoms with Gasteiger partial charge in [0.05, 0.1) is 0 Å². The van der Waals surface area contributed by atoms with E-state index in [2.05, 4.69) is 5.16 Å². The molecule has 0 aliphatic heterocycles. The summed E-state index contributed by atoms with van der Waals surface area (Å²) in [5, 5.41) is 10.7. The van der Waals surface area contributed by atoms with E-state index in [0.29, 0.717) is 12.1 Å². The number of hydrogen-bond acceptors (Lipinski definition) is 2. The second kappa shape index (κ2) is 3.34. The smallest absolute Gasteiger partial charge is 0.194 e. The zero-order valence-electron chi connectivity index (χ0n) is 6.26. The second-order valence-electron chi connectivity index (χ2n) is 2.24. The van der Waals surface area contributed by atoms with Crippen molar-refractivity contribution in [1.82, 2.24) is 0 Å². The van der Waals surface area contributed by atoms with Crippen LogP contribution in [0.5, 0.6) is 0 Å². The third kappa shape index (κ3) is 1.71. The highest BCUT2D eigenvalue weighted by Gasteiger charge is 2.12. The minimum absolute atomic E-state index is 0.223. The average Bonchev–Trinajstić information content (AvgIpc) is 2.12. The maximum Gasteiger partial charge on any atom is 0.194 e. The molecule has 3 N–H and O–H groups in total. The lowest BCUT2D eigenvalue weighted by Crippen LogP contribution is -2.14. The van der Waals surface area contributed by atoms with Gasteiger partial charge >= 0.3 is 0 Å². The fourth-order valence-electron chi connectivity index (χ4n) is 0.761. The van der Waals surface area contributed by atoms with Gasteiger partial charge in [0.2, 0.25) is 0 Å². The Balaban J connectivity index is 3.29. The van der Waals surface area contributed by atoms with Crippen LogP contribution in [0.25, 0.3) is 0 Å². The van der Waals surface area contributed by atoms with Crippen molar-refractivity contribution in [2.45, 2.75) is 0 Å². The number of halogens is 3. The first-order chi connectivity index (χ1) is 6.06. The molecule has 0 aliphatic carbocycles. The largest absolute Gasteiger partial charge is 0.409 e. The van der Waals surface area contributed by atoms with Gasteiger partial charge < -0.3 is 10.9 Å². The van der Waals surface area contributed by atoms with Gasteiger partial charge in [-0.2, -0.15) is 0 Å². The van der Waals surface area contributed by atoms with Crippen molar-refractivity contribution in [3.05, 3.63) is 35.1 Å². The summed E-state index contributed by atoms with van der Waals surface area (Å²) in [5.41, 5.74) is 4.80. The zero-order valence-corrected chi connectivity index (χ0v) is 6.26. The summed E-state index contributed by atoms with van der Waals surface area (Å²) in [6.07, 6.45) is 0. The molecule has 0 aromatic heterocycles. The summed E-state index contributed by atoms with van der Waals surface area (Å²) >= 11 is 0. The lowest BCUT2D eigenvalue weighted by atomic mass is 10.2. The lowest BCUT2D eigenvalue weighted by molar-refractivity contribution is 0.318. The number of oxime groups is 1. The van der Waals surface area contributed by atoms with Crippen LogP contribution in [-0.4, -0.2) is 11.0 Å². The number of nitrogens with two attached hydrogens (primary N) is 1. The number of hydrogen-bond donors (Lipinski definition) is 2. The van der Waals surface area contributed by atoms with E-state index in [1.165, 1.54) is 0 Å². The Bertz CT molecular complexity index is 342. The van der Waals surface area contributed by atoms with Gasteiger partial charge in [-0.25, -0.2) is 13.2 Å². The van der Waals surface area contributed by atoms with Crippen molar-refractivity contribution >= 4 is 5.84 Å². The molecule has 1 aromatic rings. The maximum atomic E-state index is 12.5. The minimum atomic E-state index is -1.59. The first-order valence-electron chi connectivity index (χ1n) is 3.18. The number of amidine groups is 1. The molecule has 0 saturated heterocycles. The molecule has 6 heteroatoms. The van der Waals surface area contributed by atoms with Crippen LogP contribution in [0.4, 0.5) is 13.2 Å². The van der Waals surface area contributed by atoms with Crippen molar-refractivity contribution in [3.8, 4) is 0 Å². The molecule has 1 aromatic carbocycles. The number of benzene rings is 1. The summed E-state index contributed by atoms with van der Waals surface area (Å²) < 4.78 is 37.4. The maximum absolute atomic E-state index is 12.5. The third-order valence-electron chi connectivity index (χ3n) is 1.39. The molecule has 0 spiro atoms. The van der Waals surface area contributed by atoms with Crippen LogP contribution in [-0.2, 0) is 0 Å². The van der Waals surface area contributed by atoms with Crippen LogP contribution >= 0.6 is 0 Å². The van der Waals surface area contributed by atoms with Crippen molar-refractivity contribution in [2.24, 2.45) is 10.9 Å². The summed E-state index contributed by atoms with van der Waals surface area (Å²) in [5.74, 6) is -4.85. The van der Waals surface area contributed by atoms with Crippen LogP contribution in [0.15, 0.2) is 17.3 Å². The first-order valence-corrected chi connectivity index (χ1v) is 3.18. The molecule has 0 heterocycles. The Hall–Kier alpha value is -1.72. The number of nitrogens with zero attached hydrogens (tertiary/aromatic N) is 1. The molecule has 0 atom stereocenters. The minimum Gasteiger partial charge on any atom is -0.409 e. The molecule has 0 aliphatic rings. The molecule has 0 saturated carbocycles. The van der Waals surface area contributed by atoms with E-state index in [-0.39, 0.29) is 5.56 Å². The second-order valence-corrected chi connectivity index (χ2v) is 2.24. The van der Waals surface area contributed by atoms with Crippen molar-refractivity contribution in [2.75, 3.05) is 0 Å². The Labute approximate surface area is 71.3 Å². The Morgan fingerprint density at radius 3 is 2.08 bits per heavy atom. The van der Waals surface area contributed by atoms with Crippen LogP contribution < -0.4 is 5.73 Å². The zero-order chi connectivity index (χ0) is 10.0. The molecule has 70 valence electrons. The van der Waals surface area contributed by atoms with Crippen molar-refractivity contribution in [1.29, 1.82) is 0 Å². The quantitative estimate of drug-likeness (QED) is 0.230. The summed E-state index contributed by atoms with van der Waals surface area (Å²) in [6, 6.07) is 1.26. The standard InChI is InChI=1S/C7H5F3N2O/c8-4-1-3(7(11)12-13)2-5(9)6(4)10/h1-2,13H,(H2,11,12). The predicted octanol–water partition coefficient (Wildman–Crippen LogP) is 1.20. The van der Waals surface area contributed by atoms with Gasteiger partial charge in [-0.05, 0) is 12.1 Å². The van der Waals surface area contributed by atoms with Gasteiger partial charge in [0.15, 0.2) is 23.3 Å². The van der Waals surface area contributed by atoms with Gasteiger partial charge in [-0.15, -0.1) is 0 Å². The van der Waals surface area contributed by atoms with Crippen LogP contribution in [0.1, 0.15) is 5.56 Å². The van der Waals surface area contributed by atoms with Gasteiger partial charge in [0.1, 0.15) is 0 Å². The van der Waals surface area contributed by atoms with E-state index in [1.807, 2.05) is 0 Å². The Kier molecular flexibility index (Phi) is 2.41. The van der Waals surface area contributed by atoms with E-state index in [1.54, 1.807) is 0 Å². The average molecular weight is 190 g/mol. The summed E-state index contributed by atoms with van der Waals surface area (Å²) in [7, 11) is 0. The van der Waals surface area contributed by atoms with E-state index >= 15 is 0 Å². The van der Waals surface area contributed by atoms with E-state index < -0.39 is 23.3 Å². The highest BCUT2D eigenvalue weighted by Crippen LogP contribution is 2.13. The van der Waals surface area contributed by atoms with E-state index in [9.17, 15) is 13.2 Å². The van der Waals surface area contributed by atoms with E-state index in [4.69, 9.17) is 10.9 Å². The summed E-state index contributed by atoms with van der Waals surface area (Å²) in [4.78, 5) is 0. The lowest BCUT2D eigenvalue weighted by Gasteiger charge is -2.00. The Morgan fingerprint density at radius 2 is 1.69 bits per heavy atom. The molecule has 13 heavy (non-hydrogen) atoms. The van der Waals surface area contributed by atoms with Crippen LogP contribution in [0, 0.1) is 17.5 Å². The van der Waals surface area contributed by atoms with Gasteiger partial charge in [-0.3, -0.25) is 0 Å². The molecule has 1 rings (SSSR count). The highest BCUT2D eigenvalue weighted by atomic mass is 19.2. The summed E-state index contributed by atoms with van der Waals surface area (Å²) in [6.45, 7) is 0. The molecule has 0 amide bonds. The van der Waals surface area contributed by atoms with Gasteiger partial charge in [0, 0.05) is 5.56 Å². The van der Waals surface area contributed by atoms with Crippen molar-refractivity contribution in [3.63, 3.8) is 0 Å². The molecule has 0 unspecified atom stereocenters. The number of rotatable bonds is 1. The van der Waals surface area contributed by atoms with Crippen LogP contribution in [0.3, 0.4) is 0 Å². The fraction of sp³-hybridized carbons (Fsp3) is 0. The predicted molar refractivity (Wildman–Crippen MR) is 38.8 cm³/mol. The molecular formula is C7H5F3N2O. The van der Waals surface area contributed by atoms with Crippen molar-refractivity contribution < 1.29 is 18.4 Å². The topological polar surface area (TPSA) is 58.6 Å². The fourth-order valence-corrected chi connectivity index (χ4v) is 0.761. The normalized spacial score (nSPS) is 11.8. The molecule has 3 nitrogen and oxygen atoms in total. The van der Waals surface area contributed by atoms with Gasteiger partial charge in [0.25, 0.3) is 0 Å². The molecule has 0 bridgehead atoms. The van der Waals surface area contributed by atoms with E-state index in [0.717, 1.165) is 0 Å². The third-order valence-corrected chi connectivity index (χ3v) is 1.39.